The van der Waals surface area contributed by atoms with Gasteiger partial charge >= 0.3 is 0 Å². The summed E-state index contributed by atoms with van der Waals surface area (Å²) in [5.41, 5.74) is 3.66. The Kier molecular flexibility index (Phi) is 8.23. The number of benzene rings is 3. The summed E-state index contributed by atoms with van der Waals surface area (Å²) in [4.78, 5) is 26.9. The summed E-state index contributed by atoms with van der Waals surface area (Å²) >= 11 is 7.12. The van der Waals surface area contributed by atoms with E-state index in [-0.39, 0.29) is 24.3 Å². The van der Waals surface area contributed by atoms with Crippen LogP contribution in [-0.4, -0.2) is 36.3 Å². The molecule has 3 aromatic carbocycles. The van der Waals surface area contributed by atoms with Gasteiger partial charge in [-0.1, -0.05) is 48.0 Å². The van der Waals surface area contributed by atoms with Gasteiger partial charge in [0.05, 0.1) is 18.6 Å². The molecule has 0 saturated carbocycles. The second-order valence-corrected chi connectivity index (χ2v) is 9.64. The molecule has 0 radical (unpaired) electrons. The Labute approximate surface area is 219 Å². The van der Waals surface area contributed by atoms with Crippen LogP contribution in [0.25, 0.3) is 6.08 Å². The predicted molar refractivity (Wildman–Crippen MR) is 143 cm³/mol. The van der Waals surface area contributed by atoms with Crippen LogP contribution in [0, 0.1) is 13.8 Å². The maximum absolute atomic E-state index is 12.9. The Bertz CT molecular complexity index is 1320. The van der Waals surface area contributed by atoms with E-state index < -0.39 is 0 Å². The highest BCUT2D eigenvalue weighted by molar-refractivity contribution is 8.18. The largest absolute Gasteiger partial charge is 0.493 e. The van der Waals surface area contributed by atoms with E-state index in [4.69, 9.17) is 25.8 Å². The van der Waals surface area contributed by atoms with E-state index in [1.807, 2.05) is 62.4 Å². The topological polar surface area (TPSA) is 65.1 Å². The number of methoxy groups -OCH3 is 1. The van der Waals surface area contributed by atoms with Crippen LogP contribution in [0.2, 0.25) is 5.02 Å². The van der Waals surface area contributed by atoms with Crippen molar-refractivity contribution in [1.82, 2.24) is 4.90 Å². The number of rotatable bonds is 9. The number of carbonyl (C=O) groups is 2. The molecule has 1 heterocycles. The lowest BCUT2D eigenvalue weighted by atomic mass is 10.1. The highest BCUT2D eigenvalue weighted by atomic mass is 35.5. The van der Waals surface area contributed by atoms with Gasteiger partial charge in [0.15, 0.2) is 11.5 Å². The summed E-state index contributed by atoms with van der Waals surface area (Å²) in [6.07, 6.45) is 1.68. The minimum absolute atomic E-state index is 0.174. The third-order valence-corrected chi connectivity index (χ3v) is 6.89. The number of ether oxygens (including phenoxy) is 3. The molecule has 6 nitrogen and oxygen atoms in total. The second kappa shape index (κ2) is 11.5. The van der Waals surface area contributed by atoms with E-state index in [0.29, 0.717) is 33.6 Å². The van der Waals surface area contributed by atoms with Crippen molar-refractivity contribution in [1.29, 1.82) is 0 Å². The van der Waals surface area contributed by atoms with Gasteiger partial charge in [0.2, 0.25) is 0 Å². The van der Waals surface area contributed by atoms with Crippen LogP contribution < -0.4 is 14.2 Å². The van der Waals surface area contributed by atoms with Gasteiger partial charge in [-0.15, -0.1) is 0 Å². The average molecular weight is 524 g/mol. The van der Waals surface area contributed by atoms with Gasteiger partial charge in [0.1, 0.15) is 19.0 Å². The number of thioether (sulfide) groups is 1. The fourth-order valence-corrected chi connectivity index (χ4v) is 4.67. The van der Waals surface area contributed by atoms with Gasteiger partial charge in [0, 0.05) is 10.6 Å². The van der Waals surface area contributed by atoms with Crippen molar-refractivity contribution in [3.8, 4) is 17.2 Å². The fraction of sp³-hybridized carbons (Fsp3) is 0.214. The van der Waals surface area contributed by atoms with Crippen molar-refractivity contribution >= 4 is 40.6 Å². The summed E-state index contributed by atoms with van der Waals surface area (Å²) in [5, 5.41) is 0.311. The summed E-state index contributed by atoms with van der Waals surface area (Å²) in [6, 6.07) is 18.7. The third kappa shape index (κ3) is 6.04. The molecular weight excluding hydrogens is 498 g/mol. The zero-order valence-corrected chi connectivity index (χ0v) is 21.8. The quantitative estimate of drug-likeness (QED) is 0.292. The van der Waals surface area contributed by atoms with Crippen molar-refractivity contribution in [2.45, 2.75) is 20.5 Å². The highest BCUT2D eigenvalue weighted by Crippen LogP contribution is 2.35. The van der Waals surface area contributed by atoms with Crippen LogP contribution in [0.15, 0.2) is 65.6 Å². The molecule has 2 amide bonds. The molecule has 0 spiro atoms. The number of hydrogen-bond acceptors (Lipinski definition) is 6. The minimum atomic E-state index is -0.340. The number of imide groups is 1. The molecule has 3 aromatic rings. The van der Waals surface area contributed by atoms with Gasteiger partial charge in [0.25, 0.3) is 11.1 Å². The van der Waals surface area contributed by atoms with Gasteiger partial charge in [-0.25, -0.2) is 0 Å². The van der Waals surface area contributed by atoms with E-state index in [1.54, 1.807) is 25.3 Å². The molecule has 0 atom stereocenters. The van der Waals surface area contributed by atoms with Crippen molar-refractivity contribution in [3.63, 3.8) is 0 Å². The molecule has 0 aliphatic carbocycles. The molecule has 1 fully saturated rings. The first kappa shape index (κ1) is 25.7. The van der Waals surface area contributed by atoms with E-state index in [1.165, 1.54) is 4.90 Å². The van der Waals surface area contributed by atoms with Gasteiger partial charge in [-0.3, -0.25) is 14.5 Å². The molecule has 8 heteroatoms. The molecule has 1 saturated heterocycles. The van der Waals surface area contributed by atoms with Crippen LogP contribution in [0.3, 0.4) is 0 Å². The van der Waals surface area contributed by atoms with E-state index >= 15 is 0 Å². The normalized spacial score (nSPS) is 14.4. The summed E-state index contributed by atoms with van der Waals surface area (Å²) < 4.78 is 17.2. The third-order valence-electron chi connectivity index (χ3n) is 5.62. The Balaban J connectivity index is 1.41. The summed E-state index contributed by atoms with van der Waals surface area (Å²) in [5.74, 6) is 1.47. The van der Waals surface area contributed by atoms with Crippen molar-refractivity contribution in [2.24, 2.45) is 0 Å². The van der Waals surface area contributed by atoms with E-state index in [9.17, 15) is 9.59 Å². The van der Waals surface area contributed by atoms with Crippen LogP contribution in [0.4, 0.5) is 4.79 Å². The molecular formula is C28H26ClNO5S. The molecule has 186 valence electrons. The van der Waals surface area contributed by atoms with Crippen molar-refractivity contribution < 1.29 is 23.8 Å². The number of carbonyl (C=O) groups excluding carboxylic acids is 2. The number of hydrogen-bond donors (Lipinski definition) is 0. The molecule has 1 aliphatic rings. The molecule has 36 heavy (non-hydrogen) atoms. The highest BCUT2D eigenvalue weighted by Gasteiger charge is 2.34. The van der Waals surface area contributed by atoms with Crippen molar-refractivity contribution in [3.05, 3.63) is 92.8 Å². The van der Waals surface area contributed by atoms with Crippen LogP contribution >= 0.6 is 23.4 Å². The number of amides is 2. The number of halogens is 1. The van der Waals surface area contributed by atoms with Gasteiger partial charge < -0.3 is 14.2 Å². The molecule has 1 aliphatic heterocycles. The van der Waals surface area contributed by atoms with Crippen molar-refractivity contribution in [2.75, 3.05) is 20.3 Å². The smallest absolute Gasteiger partial charge is 0.293 e. The Morgan fingerprint density at radius 2 is 1.75 bits per heavy atom. The predicted octanol–water partition coefficient (Wildman–Crippen LogP) is 6.66. The SMILES string of the molecule is COc1cc(/C=C2\SC(=O)N(CCOc3cc(C)ccc3C)C2=O)ccc1OCc1ccccc1Cl. The maximum atomic E-state index is 12.9. The lowest BCUT2D eigenvalue weighted by Gasteiger charge is -2.14. The fourth-order valence-electron chi connectivity index (χ4n) is 3.62. The van der Waals surface area contributed by atoms with Crippen LogP contribution in [-0.2, 0) is 11.4 Å². The average Bonchev–Trinajstić information content (AvgIpc) is 3.13. The monoisotopic (exact) mass is 523 g/mol. The maximum Gasteiger partial charge on any atom is 0.293 e. The Morgan fingerprint density at radius 3 is 2.53 bits per heavy atom. The van der Waals surface area contributed by atoms with Crippen LogP contribution in [0.1, 0.15) is 22.3 Å². The summed E-state index contributed by atoms with van der Waals surface area (Å²) in [7, 11) is 1.55. The first-order chi connectivity index (χ1) is 17.4. The zero-order chi connectivity index (χ0) is 25.7. The lowest BCUT2D eigenvalue weighted by Crippen LogP contribution is -2.32. The standard InChI is InChI=1S/C28H26ClNO5S/c1-18-8-9-19(2)24(14-18)34-13-12-30-27(31)26(36-28(30)32)16-20-10-11-23(25(15-20)33-3)35-17-21-6-4-5-7-22(21)29/h4-11,14-16H,12-13,17H2,1-3H3/b26-16-. The second-order valence-electron chi connectivity index (χ2n) is 8.24. The first-order valence-electron chi connectivity index (χ1n) is 11.4. The lowest BCUT2D eigenvalue weighted by molar-refractivity contribution is -0.123. The Hall–Kier alpha value is -3.42. The number of aryl methyl sites for hydroxylation is 2. The Morgan fingerprint density at radius 1 is 0.944 bits per heavy atom. The minimum Gasteiger partial charge on any atom is -0.493 e. The number of nitrogens with zero attached hydrogens (tertiary/aromatic N) is 1. The molecule has 0 N–H and O–H groups in total. The summed E-state index contributed by atoms with van der Waals surface area (Å²) in [6.45, 7) is 4.63. The van der Waals surface area contributed by atoms with E-state index in [2.05, 4.69) is 0 Å². The van der Waals surface area contributed by atoms with E-state index in [0.717, 1.165) is 34.2 Å². The molecule has 0 bridgehead atoms. The van der Waals surface area contributed by atoms with Crippen LogP contribution in [0.5, 0.6) is 17.2 Å². The molecule has 0 aromatic heterocycles. The van der Waals surface area contributed by atoms with Gasteiger partial charge in [-0.05, 0) is 72.6 Å². The molecule has 0 unspecified atom stereocenters. The zero-order valence-electron chi connectivity index (χ0n) is 20.2. The first-order valence-corrected chi connectivity index (χ1v) is 12.5. The molecule has 4 rings (SSSR count). The van der Waals surface area contributed by atoms with Gasteiger partial charge in [-0.2, -0.15) is 0 Å².